The molecule has 8 nitrogen and oxygen atoms in total. The van der Waals surface area contributed by atoms with Crippen molar-refractivity contribution in [1.82, 2.24) is 13.9 Å². The lowest BCUT2D eigenvalue weighted by molar-refractivity contribution is -0.124. The van der Waals surface area contributed by atoms with Gasteiger partial charge in [0.25, 0.3) is 0 Å². The molecule has 2 heterocycles. The number of rotatable bonds is 7. The molecule has 1 amide bonds. The molecular weight excluding hydrogens is 446 g/mol. The number of hydrogen-bond acceptors (Lipinski definition) is 6. The van der Waals surface area contributed by atoms with Crippen molar-refractivity contribution in [3.63, 3.8) is 0 Å². The minimum absolute atomic E-state index is 0.0102. The standard InChI is InChI=1S/C19H29N3O5S3/c1-3-15(2)20-19(23)18-13-28-14-22(18)30(26,27)17-9-7-16(8-10-17)29(24,25)21-11-5-4-6-12-21/h7-10,15,18H,3-6,11-14H2,1-2H3,(H,20,23). The van der Waals surface area contributed by atoms with Crippen LogP contribution in [0.3, 0.4) is 0 Å². The highest BCUT2D eigenvalue weighted by Crippen LogP contribution is 2.29. The Labute approximate surface area is 183 Å². The summed E-state index contributed by atoms with van der Waals surface area (Å²) in [6, 6.07) is 4.51. The van der Waals surface area contributed by atoms with Crippen LogP contribution in [0.4, 0.5) is 0 Å². The van der Waals surface area contributed by atoms with Crippen molar-refractivity contribution >= 4 is 37.7 Å². The highest BCUT2D eigenvalue weighted by Gasteiger charge is 2.40. The molecule has 3 rings (SSSR count). The lowest BCUT2D eigenvalue weighted by atomic mass is 10.2. The van der Waals surface area contributed by atoms with Crippen LogP contribution < -0.4 is 5.32 Å². The van der Waals surface area contributed by atoms with E-state index in [1.54, 1.807) is 0 Å². The van der Waals surface area contributed by atoms with Crippen molar-refractivity contribution in [3.05, 3.63) is 24.3 Å². The third kappa shape index (κ3) is 4.85. The van der Waals surface area contributed by atoms with Crippen molar-refractivity contribution in [2.45, 2.75) is 61.4 Å². The molecule has 11 heteroatoms. The van der Waals surface area contributed by atoms with Gasteiger partial charge in [0.05, 0.1) is 15.7 Å². The first kappa shape index (κ1) is 23.5. The topological polar surface area (TPSA) is 104 Å². The summed E-state index contributed by atoms with van der Waals surface area (Å²) in [7, 11) is -7.55. The second-order valence-corrected chi connectivity index (χ2v) is 12.5. The van der Waals surface area contributed by atoms with Gasteiger partial charge in [0.2, 0.25) is 26.0 Å². The van der Waals surface area contributed by atoms with Gasteiger partial charge in [-0.15, -0.1) is 11.8 Å². The molecule has 0 saturated carbocycles. The van der Waals surface area contributed by atoms with Gasteiger partial charge < -0.3 is 5.32 Å². The normalized spacial score (nSPS) is 22.7. The van der Waals surface area contributed by atoms with Gasteiger partial charge in [-0.1, -0.05) is 13.3 Å². The summed E-state index contributed by atoms with van der Waals surface area (Å²) in [6.45, 7) is 4.80. The summed E-state index contributed by atoms with van der Waals surface area (Å²) in [5.41, 5.74) is 0. The van der Waals surface area contributed by atoms with Crippen LogP contribution in [0.15, 0.2) is 34.1 Å². The molecule has 0 aliphatic carbocycles. The number of benzene rings is 1. The number of thioether (sulfide) groups is 1. The second-order valence-electron chi connectivity index (χ2n) is 7.66. The van der Waals surface area contributed by atoms with Crippen LogP contribution in [0.25, 0.3) is 0 Å². The second kappa shape index (κ2) is 9.56. The molecule has 2 saturated heterocycles. The molecule has 168 valence electrons. The fourth-order valence-electron chi connectivity index (χ4n) is 3.49. The summed E-state index contributed by atoms with van der Waals surface area (Å²) >= 11 is 1.38. The lowest BCUT2D eigenvalue weighted by Crippen LogP contribution is -2.49. The molecule has 2 atom stereocenters. The Kier molecular flexibility index (Phi) is 7.49. The van der Waals surface area contributed by atoms with E-state index in [1.165, 1.54) is 44.6 Å². The summed E-state index contributed by atoms with van der Waals surface area (Å²) in [6.07, 6.45) is 3.44. The highest BCUT2D eigenvalue weighted by molar-refractivity contribution is 8.00. The van der Waals surface area contributed by atoms with Crippen LogP contribution >= 0.6 is 11.8 Å². The minimum atomic E-state index is -3.92. The molecule has 0 spiro atoms. The molecule has 30 heavy (non-hydrogen) atoms. The van der Waals surface area contributed by atoms with Gasteiger partial charge in [0.15, 0.2) is 0 Å². The maximum atomic E-state index is 13.1. The molecule has 2 unspecified atom stereocenters. The Balaban J connectivity index is 1.80. The Hall–Kier alpha value is -1.14. The van der Waals surface area contributed by atoms with E-state index in [1.807, 2.05) is 13.8 Å². The highest BCUT2D eigenvalue weighted by atomic mass is 32.2. The minimum Gasteiger partial charge on any atom is -0.352 e. The quantitative estimate of drug-likeness (QED) is 0.645. The maximum absolute atomic E-state index is 13.1. The van der Waals surface area contributed by atoms with Crippen LogP contribution in [0.2, 0.25) is 0 Å². The summed E-state index contributed by atoms with van der Waals surface area (Å²) in [5, 5.41) is 2.85. The Morgan fingerprint density at radius 2 is 1.63 bits per heavy atom. The third-order valence-electron chi connectivity index (χ3n) is 5.53. The summed E-state index contributed by atoms with van der Waals surface area (Å²) < 4.78 is 54.5. The van der Waals surface area contributed by atoms with Gasteiger partial charge in [-0.3, -0.25) is 4.79 Å². The van der Waals surface area contributed by atoms with Crippen molar-refractivity contribution in [3.8, 4) is 0 Å². The molecular formula is C19H29N3O5S3. The van der Waals surface area contributed by atoms with Gasteiger partial charge in [0, 0.05) is 24.9 Å². The number of sulfonamides is 2. The molecule has 2 aliphatic heterocycles. The summed E-state index contributed by atoms with van der Waals surface area (Å²) in [4.78, 5) is 12.6. The third-order valence-corrected chi connectivity index (χ3v) is 10.5. The molecule has 0 aromatic heterocycles. The fraction of sp³-hybridized carbons (Fsp3) is 0.632. The van der Waals surface area contributed by atoms with Crippen molar-refractivity contribution in [1.29, 1.82) is 0 Å². The zero-order chi connectivity index (χ0) is 21.9. The van der Waals surface area contributed by atoms with Gasteiger partial charge in [-0.2, -0.15) is 8.61 Å². The van der Waals surface area contributed by atoms with E-state index in [2.05, 4.69) is 5.32 Å². The predicted octanol–water partition coefficient (Wildman–Crippen LogP) is 1.84. The Morgan fingerprint density at radius 1 is 1.07 bits per heavy atom. The van der Waals surface area contributed by atoms with E-state index in [0.717, 1.165) is 25.7 Å². The smallest absolute Gasteiger partial charge is 0.244 e. The largest absolute Gasteiger partial charge is 0.352 e. The molecule has 1 N–H and O–H groups in total. The fourth-order valence-corrected chi connectivity index (χ4v) is 8.15. The first-order valence-electron chi connectivity index (χ1n) is 10.2. The van der Waals surface area contributed by atoms with Gasteiger partial charge in [-0.25, -0.2) is 16.8 Å². The monoisotopic (exact) mass is 475 g/mol. The average Bonchev–Trinajstić information content (AvgIpc) is 3.25. The molecule has 1 aromatic rings. The number of nitrogens with zero attached hydrogens (tertiary/aromatic N) is 2. The van der Waals surface area contributed by atoms with Crippen molar-refractivity contribution < 1.29 is 21.6 Å². The van der Waals surface area contributed by atoms with Crippen molar-refractivity contribution in [2.75, 3.05) is 24.7 Å². The Bertz CT molecular complexity index is 958. The molecule has 2 aliphatic rings. The van der Waals surface area contributed by atoms with Crippen LogP contribution in [0, 0.1) is 0 Å². The number of nitrogens with one attached hydrogen (secondary N) is 1. The van der Waals surface area contributed by atoms with Gasteiger partial charge in [0.1, 0.15) is 6.04 Å². The zero-order valence-corrected chi connectivity index (χ0v) is 19.7. The number of piperidine rings is 1. The van der Waals surface area contributed by atoms with Crippen LogP contribution in [-0.2, 0) is 24.8 Å². The van der Waals surface area contributed by atoms with Crippen LogP contribution in [0.5, 0.6) is 0 Å². The van der Waals surface area contributed by atoms with E-state index in [9.17, 15) is 21.6 Å². The zero-order valence-electron chi connectivity index (χ0n) is 17.3. The van der Waals surface area contributed by atoms with E-state index in [-0.39, 0.29) is 27.6 Å². The van der Waals surface area contributed by atoms with Gasteiger partial charge >= 0.3 is 0 Å². The predicted molar refractivity (Wildman–Crippen MR) is 117 cm³/mol. The number of carbonyl (C=O) groups excluding carboxylic acids is 1. The first-order valence-corrected chi connectivity index (χ1v) is 14.2. The lowest BCUT2D eigenvalue weighted by Gasteiger charge is -2.26. The maximum Gasteiger partial charge on any atom is 0.244 e. The van der Waals surface area contributed by atoms with Crippen molar-refractivity contribution in [2.24, 2.45) is 0 Å². The number of hydrogen-bond donors (Lipinski definition) is 1. The van der Waals surface area contributed by atoms with E-state index < -0.39 is 26.1 Å². The van der Waals surface area contributed by atoms with Crippen LogP contribution in [0.1, 0.15) is 39.5 Å². The average molecular weight is 476 g/mol. The van der Waals surface area contributed by atoms with Gasteiger partial charge in [-0.05, 0) is 50.5 Å². The SMILES string of the molecule is CCC(C)NC(=O)C1CSCN1S(=O)(=O)c1ccc(S(=O)(=O)N2CCCCC2)cc1. The van der Waals surface area contributed by atoms with E-state index >= 15 is 0 Å². The number of carbonyl (C=O) groups is 1. The molecule has 0 radical (unpaired) electrons. The number of amides is 1. The van der Waals surface area contributed by atoms with E-state index in [4.69, 9.17) is 0 Å². The molecule has 0 bridgehead atoms. The molecule has 2 fully saturated rings. The molecule has 1 aromatic carbocycles. The first-order chi connectivity index (χ1) is 14.2. The summed E-state index contributed by atoms with van der Waals surface area (Å²) in [5.74, 6) is 0.278. The Morgan fingerprint density at radius 3 is 2.20 bits per heavy atom. The van der Waals surface area contributed by atoms with E-state index in [0.29, 0.717) is 18.8 Å². The van der Waals surface area contributed by atoms with Crippen LogP contribution in [-0.4, -0.2) is 68.2 Å².